The smallest absolute Gasteiger partial charge is 0.0412 e. The molecule has 4 rings (SSSR count). The van der Waals surface area contributed by atoms with Crippen LogP contribution >= 0.6 is 0 Å². The van der Waals surface area contributed by atoms with Crippen LogP contribution in [0.4, 0.5) is 5.69 Å². The highest BCUT2D eigenvalue weighted by molar-refractivity contribution is 5.52. The minimum atomic E-state index is 0.0126. The molecule has 2 heteroatoms. The monoisotopic (exact) mass is 214 g/mol. The van der Waals surface area contributed by atoms with Crippen LogP contribution in [-0.4, -0.2) is 13.1 Å². The Labute approximate surface area is 96.4 Å². The third-order valence-corrected chi connectivity index (χ3v) is 4.55. The van der Waals surface area contributed by atoms with E-state index < -0.39 is 0 Å². The first-order valence-electron chi connectivity index (χ1n) is 6.39. The van der Waals surface area contributed by atoms with Crippen molar-refractivity contribution < 1.29 is 0 Å². The molecule has 0 radical (unpaired) electrons. The van der Waals surface area contributed by atoms with E-state index >= 15 is 0 Å². The lowest BCUT2D eigenvalue weighted by Crippen LogP contribution is -2.23. The molecule has 1 aromatic rings. The molecule has 0 bridgehead atoms. The molecule has 2 nitrogen and oxygen atoms in total. The largest absolute Gasteiger partial charge is 0.371 e. The van der Waals surface area contributed by atoms with Gasteiger partial charge in [0.15, 0.2) is 0 Å². The molecule has 3 aliphatic rings. The Hall–Kier alpha value is -1.02. The number of hydrogen-bond acceptors (Lipinski definition) is 2. The van der Waals surface area contributed by atoms with Crippen LogP contribution in [0.5, 0.6) is 0 Å². The van der Waals surface area contributed by atoms with Crippen molar-refractivity contribution >= 4 is 5.69 Å². The van der Waals surface area contributed by atoms with E-state index in [0.717, 1.165) is 24.7 Å². The number of anilines is 1. The Bertz CT molecular complexity index is 426. The lowest BCUT2D eigenvalue weighted by atomic mass is 10.0. The zero-order valence-electron chi connectivity index (χ0n) is 9.52. The van der Waals surface area contributed by atoms with Gasteiger partial charge in [0.05, 0.1) is 0 Å². The highest BCUT2D eigenvalue weighted by atomic mass is 15.2. The Balaban J connectivity index is 1.63. The number of hydrogen-bond donors (Lipinski definition) is 1. The fourth-order valence-electron chi connectivity index (χ4n) is 3.04. The van der Waals surface area contributed by atoms with E-state index in [0.29, 0.717) is 0 Å². The van der Waals surface area contributed by atoms with Gasteiger partial charge in [-0.25, -0.2) is 0 Å². The Morgan fingerprint density at radius 2 is 1.94 bits per heavy atom. The first kappa shape index (κ1) is 9.06. The molecular weight excluding hydrogens is 196 g/mol. The molecule has 2 aliphatic carbocycles. The molecule has 2 atom stereocenters. The molecule has 3 fully saturated rings. The summed E-state index contributed by atoms with van der Waals surface area (Å²) in [6, 6.07) is 8.91. The van der Waals surface area contributed by atoms with Crippen LogP contribution in [0.1, 0.15) is 24.8 Å². The van der Waals surface area contributed by atoms with E-state index in [1.165, 1.54) is 30.8 Å². The van der Waals surface area contributed by atoms with Crippen molar-refractivity contribution in [3.05, 3.63) is 29.8 Å². The minimum Gasteiger partial charge on any atom is -0.371 e. The summed E-state index contributed by atoms with van der Waals surface area (Å²) in [5.74, 6) is 1.99. The van der Waals surface area contributed by atoms with Crippen molar-refractivity contribution in [1.29, 1.82) is 0 Å². The standard InChI is InChI=1S/C14H18N2/c15-14(4-5-14)12-2-1-3-13(7-12)16-8-10-6-11(10)9-16/h1-3,7,10-11H,4-6,8-9,15H2. The van der Waals surface area contributed by atoms with E-state index in [-0.39, 0.29) is 5.54 Å². The highest BCUT2D eigenvalue weighted by Gasteiger charge is 2.45. The molecule has 1 heterocycles. The van der Waals surface area contributed by atoms with Crippen molar-refractivity contribution in [2.75, 3.05) is 18.0 Å². The maximum atomic E-state index is 6.25. The second kappa shape index (κ2) is 2.80. The number of fused-ring (bicyclic) bond motifs is 1. The average molecular weight is 214 g/mol. The van der Waals surface area contributed by atoms with Crippen molar-refractivity contribution in [1.82, 2.24) is 0 Å². The Morgan fingerprint density at radius 1 is 1.19 bits per heavy atom. The number of benzene rings is 1. The maximum absolute atomic E-state index is 6.25. The van der Waals surface area contributed by atoms with Gasteiger partial charge in [0, 0.05) is 24.3 Å². The van der Waals surface area contributed by atoms with Gasteiger partial charge in [0.2, 0.25) is 0 Å². The molecule has 2 unspecified atom stereocenters. The predicted octanol–water partition coefficient (Wildman–Crippen LogP) is 2.09. The molecular formula is C14H18N2. The summed E-state index contributed by atoms with van der Waals surface area (Å²) >= 11 is 0. The van der Waals surface area contributed by atoms with Gasteiger partial charge in [-0.05, 0) is 48.8 Å². The first-order chi connectivity index (χ1) is 7.74. The summed E-state index contributed by atoms with van der Waals surface area (Å²) in [5, 5.41) is 0. The van der Waals surface area contributed by atoms with E-state index in [2.05, 4.69) is 29.2 Å². The van der Waals surface area contributed by atoms with Crippen LogP contribution in [0.15, 0.2) is 24.3 Å². The molecule has 0 aromatic heterocycles. The number of nitrogens with two attached hydrogens (primary N) is 1. The fourth-order valence-corrected chi connectivity index (χ4v) is 3.04. The summed E-state index contributed by atoms with van der Waals surface area (Å²) in [6.45, 7) is 2.54. The molecule has 0 amide bonds. The van der Waals surface area contributed by atoms with Gasteiger partial charge < -0.3 is 10.6 Å². The van der Waals surface area contributed by atoms with E-state index in [1.807, 2.05) is 0 Å². The third-order valence-electron chi connectivity index (χ3n) is 4.55. The van der Waals surface area contributed by atoms with Gasteiger partial charge in [-0.3, -0.25) is 0 Å². The van der Waals surface area contributed by atoms with E-state index in [9.17, 15) is 0 Å². The van der Waals surface area contributed by atoms with Crippen molar-refractivity contribution in [3.8, 4) is 0 Å². The summed E-state index contributed by atoms with van der Waals surface area (Å²) < 4.78 is 0. The topological polar surface area (TPSA) is 29.3 Å². The normalized spacial score (nSPS) is 33.7. The van der Waals surface area contributed by atoms with Crippen molar-refractivity contribution in [2.45, 2.75) is 24.8 Å². The van der Waals surface area contributed by atoms with Gasteiger partial charge in [-0.15, -0.1) is 0 Å². The number of rotatable bonds is 2. The van der Waals surface area contributed by atoms with Gasteiger partial charge in [0.1, 0.15) is 0 Å². The quantitative estimate of drug-likeness (QED) is 0.816. The second-order valence-electron chi connectivity index (χ2n) is 5.87. The molecule has 16 heavy (non-hydrogen) atoms. The molecule has 1 saturated heterocycles. The zero-order chi connectivity index (χ0) is 10.8. The fraction of sp³-hybridized carbons (Fsp3) is 0.571. The zero-order valence-corrected chi connectivity index (χ0v) is 9.52. The molecule has 84 valence electrons. The molecule has 2 saturated carbocycles. The van der Waals surface area contributed by atoms with Crippen LogP contribution in [0.25, 0.3) is 0 Å². The van der Waals surface area contributed by atoms with E-state index in [4.69, 9.17) is 5.73 Å². The summed E-state index contributed by atoms with van der Waals surface area (Å²) in [6.07, 6.45) is 3.78. The Morgan fingerprint density at radius 3 is 2.62 bits per heavy atom. The van der Waals surface area contributed by atoms with Gasteiger partial charge in [-0.1, -0.05) is 12.1 Å². The molecule has 1 aromatic carbocycles. The van der Waals surface area contributed by atoms with Gasteiger partial charge in [-0.2, -0.15) is 0 Å². The summed E-state index contributed by atoms with van der Waals surface area (Å²) in [7, 11) is 0. The third kappa shape index (κ3) is 1.29. The van der Waals surface area contributed by atoms with Crippen LogP contribution < -0.4 is 10.6 Å². The van der Waals surface area contributed by atoms with Gasteiger partial charge >= 0.3 is 0 Å². The van der Waals surface area contributed by atoms with Crippen LogP contribution in [-0.2, 0) is 5.54 Å². The Kier molecular flexibility index (Phi) is 1.59. The number of piperidine rings is 1. The molecule has 0 spiro atoms. The molecule has 1 aliphatic heterocycles. The van der Waals surface area contributed by atoms with Crippen LogP contribution in [0.3, 0.4) is 0 Å². The van der Waals surface area contributed by atoms with Crippen LogP contribution in [0, 0.1) is 11.8 Å². The number of nitrogens with zero attached hydrogens (tertiary/aromatic N) is 1. The van der Waals surface area contributed by atoms with Crippen molar-refractivity contribution in [2.24, 2.45) is 17.6 Å². The van der Waals surface area contributed by atoms with Crippen molar-refractivity contribution in [3.63, 3.8) is 0 Å². The highest BCUT2D eigenvalue weighted by Crippen LogP contribution is 2.47. The average Bonchev–Trinajstić information content (AvgIpc) is 3.21. The SMILES string of the molecule is NC1(c2cccc(N3CC4CC4C3)c2)CC1. The second-order valence-corrected chi connectivity index (χ2v) is 5.87. The predicted molar refractivity (Wildman–Crippen MR) is 65.4 cm³/mol. The van der Waals surface area contributed by atoms with Crippen LogP contribution in [0.2, 0.25) is 0 Å². The lowest BCUT2D eigenvalue weighted by Gasteiger charge is -2.22. The summed E-state index contributed by atoms with van der Waals surface area (Å²) in [5.41, 5.74) is 8.99. The van der Waals surface area contributed by atoms with E-state index in [1.54, 1.807) is 0 Å². The van der Waals surface area contributed by atoms with Gasteiger partial charge in [0.25, 0.3) is 0 Å². The first-order valence-corrected chi connectivity index (χ1v) is 6.39. The lowest BCUT2D eigenvalue weighted by molar-refractivity contribution is 0.737. The molecule has 2 N–H and O–H groups in total. The maximum Gasteiger partial charge on any atom is 0.0412 e. The minimum absolute atomic E-state index is 0.0126. The summed E-state index contributed by atoms with van der Waals surface area (Å²) in [4.78, 5) is 2.54.